The molecule has 168 valence electrons. The van der Waals surface area contributed by atoms with Crippen molar-refractivity contribution in [2.24, 2.45) is 4.99 Å². The summed E-state index contributed by atoms with van der Waals surface area (Å²) >= 11 is 0. The number of hydrogen-bond donors (Lipinski definition) is 4. The molecule has 0 aliphatic rings. The Balaban J connectivity index is 1.85. The first kappa shape index (κ1) is 22.9. The van der Waals surface area contributed by atoms with Gasteiger partial charge in [-0.3, -0.25) is 9.89 Å². The van der Waals surface area contributed by atoms with Crippen molar-refractivity contribution in [1.29, 1.82) is 0 Å². The second kappa shape index (κ2) is 8.74. The summed E-state index contributed by atoms with van der Waals surface area (Å²) in [6, 6.07) is 12.1. The number of aromatic nitrogens is 2. The van der Waals surface area contributed by atoms with Crippen LogP contribution in [0.15, 0.2) is 59.6 Å². The summed E-state index contributed by atoms with van der Waals surface area (Å²) in [5.41, 5.74) is -0.340. The first-order valence-electron chi connectivity index (χ1n) is 9.62. The second-order valence-corrected chi connectivity index (χ2v) is 8.02. The van der Waals surface area contributed by atoms with Gasteiger partial charge in [0.1, 0.15) is 11.6 Å². The van der Waals surface area contributed by atoms with Gasteiger partial charge in [0.15, 0.2) is 0 Å². The lowest BCUT2D eigenvalue weighted by Crippen LogP contribution is -2.44. The van der Waals surface area contributed by atoms with E-state index in [0.29, 0.717) is 17.1 Å². The third-order valence-corrected chi connectivity index (χ3v) is 4.18. The number of aromatic amines is 1. The van der Waals surface area contributed by atoms with Crippen LogP contribution in [0.3, 0.4) is 0 Å². The van der Waals surface area contributed by atoms with Crippen LogP contribution >= 0.6 is 0 Å². The van der Waals surface area contributed by atoms with E-state index in [4.69, 9.17) is 0 Å². The Bertz CT molecular complexity index is 1130. The molecule has 0 aliphatic carbocycles. The number of nitrogens with one attached hydrogen (secondary N) is 3. The van der Waals surface area contributed by atoms with Crippen LogP contribution in [0, 0.1) is 0 Å². The lowest BCUT2D eigenvalue weighted by atomic mass is 10.1. The summed E-state index contributed by atoms with van der Waals surface area (Å²) < 4.78 is 38.3. The number of anilines is 1. The fourth-order valence-electron chi connectivity index (χ4n) is 2.75. The molecule has 0 saturated heterocycles. The van der Waals surface area contributed by atoms with Crippen LogP contribution in [0.4, 0.5) is 19.0 Å². The predicted molar refractivity (Wildman–Crippen MR) is 115 cm³/mol. The highest BCUT2D eigenvalue weighted by atomic mass is 19.4. The van der Waals surface area contributed by atoms with Crippen molar-refractivity contribution < 1.29 is 23.1 Å². The number of amides is 1. The molecule has 3 rings (SSSR count). The summed E-state index contributed by atoms with van der Waals surface area (Å²) in [6.45, 7) is 5.56. The van der Waals surface area contributed by atoms with Gasteiger partial charge in [0.25, 0.3) is 5.91 Å². The van der Waals surface area contributed by atoms with Crippen molar-refractivity contribution in [1.82, 2.24) is 15.5 Å². The average Bonchev–Trinajstić information content (AvgIpc) is 3.14. The van der Waals surface area contributed by atoms with Crippen molar-refractivity contribution in [3.8, 4) is 17.0 Å². The molecule has 4 N–H and O–H groups in total. The van der Waals surface area contributed by atoms with E-state index in [1.807, 2.05) is 20.8 Å². The zero-order chi connectivity index (χ0) is 23.5. The number of alkyl halides is 3. The predicted octanol–water partition coefficient (Wildman–Crippen LogP) is 4.80. The van der Waals surface area contributed by atoms with Gasteiger partial charge < -0.3 is 15.7 Å². The molecule has 1 aromatic heterocycles. The number of carbonyl (C=O) groups excluding carboxylic acids is 1. The van der Waals surface area contributed by atoms with Crippen LogP contribution in [0.1, 0.15) is 36.7 Å². The Labute approximate surface area is 182 Å². The van der Waals surface area contributed by atoms with Crippen LogP contribution in [0.25, 0.3) is 11.3 Å². The van der Waals surface area contributed by atoms with Crippen LogP contribution in [0.2, 0.25) is 0 Å². The molecular formula is C22H22F3N5O2. The van der Waals surface area contributed by atoms with Crippen LogP contribution in [-0.2, 0) is 6.18 Å². The fourth-order valence-corrected chi connectivity index (χ4v) is 2.75. The zero-order valence-electron chi connectivity index (χ0n) is 17.6. The molecular weight excluding hydrogens is 423 g/mol. The lowest BCUT2D eigenvalue weighted by molar-refractivity contribution is -0.137. The summed E-state index contributed by atoms with van der Waals surface area (Å²) in [7, 11) is 0. The molecule has 7 nitrogen and oxygen atoms in total. The minimum absolute atomic E-state index is 0.00696. The van der Waals surface area contributed by atoms with Gasteiger partial charge in [-0.1, -0.05) is 12.1 Å². The maximum absolute atomic E-state index is 12.8. The number of para-hydroxylation sites is 1. The summed E-state index contributed by atoms with van der Waals surface area (Å²) in [4.78, 5) is 16.6. The minimum atomic E-state index is -4.49. The van der Waals surface area contributed by atoms with Crippen molar-refractivity contribution in [2.45, 2.75) is 32.5 Å². The normalized spacial score (nSPS) is 12.5. The molecule has 0 aliphatic heterocycles. The molecule has 0 atom stereocenters. The molecule has 0 unspecified atom stereocenters. The number of aliphatic imine (C=N–C) groups is 1. The number of benzene rings is 2. The van der Waals surface area contributed by atoms with Crippen molar-refractivity contribution in [3.63, 3.8) is 0 Å². The highest BCUT2D eigenvalue weighted by Crippen LogP contribution is 2.29. The van der Waals surface area contributed by atoms with E-state index in [1.165, 1.54) is 6.07 Å². The quantitative estimate of drug-likeness (QED) is 0.343. The number of H-pyrrole nitrogens is 1. The number of phenolic OH excluding ortho intramolecular Hbond substituents is 1. The number of phenols is 1. The van der Waals surface area contributed by atoms with Gasteiger partial charge in [0, 0.05) is 22.7 Å². The summed E-state index contributed by atoms with van der Waals surface area (Å²) in [6.07, 6.45) is -4.49. The molecule has 0 spiro atoms. The Kier molecular flexibility index (Phi) is 6.24. The van der Waals surface area contributed by atoms with E-state index in [9.17, 15) is 23.1 Å². The molecule has 0 saturated carbocycles. The molecule has 32 heavy (non-hydrogen) atoms. The van der Waals surface area contributed by atoms with Crippen LogP contribution < -0.4 is 10.6 Å². The van der Waals surface area contributed by atoms with Crippen LogP contribution in [0.5, 0.6) is 5.75 Å². The molecule has 3 aromatic rings. The third-order valence-electron chi connectivity index (χ3n) is 4.18. The third kappa shape index (κ3) is 5.87. The summed E-state index contributed by atoms with van der Waals surface area (Å²) in [5.74, 6) is -0.197. The van der Waals surface area contributed by atoms with E-state index in [-0.39, 0.29) is 17.3 Å². The lowest BCUT2D eigenvalue weighted by Gasteiger charge is -2.23. The molecule has 0 radical (unpaired) electrons. The highest BCUT2D eigenvalue weighted by Gasteiger charge is 2.30. The number of rotatable bonds is 3. The summed E-state index contributed by atoms with van der Waals surface area (Å²) in [5, 5.41) is 22.9. The molecule has 1 heterocycles. The van der Waals surface area contributed by atoms with Gasteiger partial charge in [0.2, 0.25) is 5.96 Å². The number of hydrogen-bond acceptors (Lipinski definition) is 3. The average molecular weight is 445 g/mol. The molecule has 2 aromatic carbocycles. The van der Waals surface area contributed by atoms with E-state index in [0.717, 1.165) is 24.3 Å². The first-order chi connectivity index (χ1) is 14.9. The maximum atomic E-state index is 12.8. The molecule has 0 bridgehead atoms. The van der Waals surface area contributed by atoms with Gasteiger partial charge in [-0.05, 0) is 57.2 Å². The largest absolute Gasteiger partial charge is 0.507 e. The van der Waals surface area contributed by atoms with E-state index >= 15 is 0 Å². The first-order valence-corrected chi connectivity index (χ1v) is 9.62. The van der Waals surface area contributed by atoms with Gasteiger partial charge in [-0.15, -0.1) is 0 Å². The van der Waals surface area contributed by atoms with E-state index < -0.39 is 23.2 Å². The second-order valence-electron chi connectivity index (χ2n) is 8.02. The van der Waals surface area contributed by atoms with Crippen LogP contribution in [-0.4, -0.2) is 32.7 Å². The number of guanidine groups is 1. The number of carbonyl (C=O) groups is 1. The van der Waals surface area contributed by atoms with Crippen molar-refractivity contribution in [2.75, 3.05) is 5.32 Å². The van der Waals surface area contributed by atoms with Crippen molar-refractivity contribution >= 4 is 17.7 Å². The maximum Gasteiger partial charge on any atom is 0.416 e. The fraction of sp³-hybridized carbons (Fsp3) is 0.227. The molecule has 1 amide bonds. The topological polar surface area (TPSA) is 102 Å². The van der Waals surface area contributed by atoms with Gasteiger partial charge in [-0.25, -0.2) is 0 Å². The number of halogens is 3. The minimum Gasteiger partial charge on any atom is -0.507 e. The standard InChI is InChI=1S/C22H22F3N5O2/c1-21(2,3)28-20(27-19(32)13-8-10-14(11-9-13)22(23,24)25)26-18-12-16(29-30-18)15-6-4-5-7-17(15)31/h4-12,31H,1-3H3,(H3,26,27,28,29,30,32). The Morgan fingerprint density at radius 2 is 1.72 bits per heavy atom. The van der Waals surface area contributed by atoms with E-state index in [2.05, 4.69) is 25.8 Å². The van der Waals surface area contributed by atoms with Crippen molar-refractivity contribution in [3.05, 3.63) is 65.7 Å². The zero-order valence-corrected chi connectivity index (χ0v) is 17.6. The number of aromatic hydroxyl groups is 1. The molecule has 0 fully saturated rings. The monoisotopic (exact) mass is 445 g/mol. The van der Waals surface area contributed by atoms with Gasteiger partial charge in [-0.2, -0.15) is 23.3 Å². The Hall–Kier alpha value is -3.82. The smallest absolute Gasteiger partial charge is 0.416 e. The Morgan fingerprint density at radius 1 is 1.06 bits per heavy atom. The van der Waals surface area contributed by atoms with E-state index in [1.54, 1.807) is 24.3 Å². The molecule has 10 heteroatoms. The highest BCUT2D eigenvalue weighted by molar-refractivity contribution is 6.06. The Morgan fingerprint density at radius 3 is 2.31 bits per heavy atom. The SMILES string of the molecule is CC(C)(C)N/C(=N/C(=O)c1ccc(C(F)(F)F)cc1)Nc1cc(-c2ccccc2O)n[nH]1. The van der Waals surface area contributed by atoms with Gasteiger partial charge >= 0.3 is 6.18 Å². The number of nitrogens with zero attached hydrogens (tertiary/aromatic N) is 2. The van der Waals surface area contributed by atoms with Gasteiger partial charge in [0.05, 0.1) is 11.3 Å².